The van der Waals surface area contributed by atoms with Crippen molar-refractivity contribution in [2.24, 2.45) is 5.92 Å². The molecule has 1 amide bonds. The molecule has 1 unspecified atom stereocenters. The van der Waals surface area contributed by atoms with Crippen LogP contribution in [0.4, 0.5) is 0 Å². The van der Waals surface area contributed by atoms with E-state index in [4.69, 9.17) is 17.0 Å². The first kappa shape index (κ1) is 17.3. The number of thiophene rings is 1. The van der Waals surface area contributed by atoms with Gasteiger partial charge in [-0.2, -0.15) is 0 Å². The summed E-state index contributed by atoms with van der Waals surface area (Å²) in [7, 11) is 0. The van der Waals surface area contributed by atoms with Crippen LogP contribution in [0.3, 0.4) is 0 Å². The van der Waals surface area contributed by atoms with E-state index >= 15 is 0 Å². The van der Waals surface area contributed by atoms with Crippen molar-refractivity contribution < 1.29 is 14.3 Å². The van der Waals surface area contributed by atoms with Gasteiger partial charge in [-0.3, -0.25) is 9.59 Å². The van der Waals surface area contributed by atoms with E-state index in [1.807, 2.05) is 35.7 Å². The van der Waals surface area contributed by atoms with Gasteiger partial charge in [-0.1, -0.05) is 36.5 Å². The second-order valence-corrected chi connectivity index (χ2v) is 6.77. The second kappa shape index (κ2) is 7.55. The molecule has 1 aromatic carbocycles. The van der Waals surface area contributed by atoms with E-state index in [-0.39, 0.29) is 16.3 Å². The van der Waals surface area contributed by atoms with Crippen LogP contribution in [0.25, 0.3) is 6.08 Å². The molecule has 1 atom stereocenters. The van der Waals surface area contributed by atoms with Gasteiger partial charge in [0.25, 0.3) is 5.91 Å². The number of thiocarbonyl (C=S) groups is 1. The molecule has 2 aromatic rings. The first-order valence-corrected chi connectivity index (χ1v) is 8.91. The van der Waals surface area contributed by atoms with Crippen molar-refractivity contribution >= 4 is 46.3 Å². The van der Waals surface area contributed by atoms with Crippen LogP contribution in [0, 0.1) is 5.92 Å². The lowest BCUT2D eigenvalue weighted by molar-refractivity contribution is -0.124. The Bertz CT molecular complexity index is 868. The maximum absolute atomic E-state index is 12.6. The number of ether oxygens (including phenoxy) is 1. The average Bonchev–Trinajstić information content (AvgIpc) is 3.03. The van der Waals surface area contributed by atoms with Crippen LogP contribution in [0.15, 0.2) is 60.0 Å². The van der Waals surface area contributed by atoms with E-state index in [1.54, 1.807) is 18.2 Å². The Hall–Kier alpha value is -2.57. The Balaban J connectivity index is 1.91. The number of Topliss-reactive ketones (excluding diaryl/α,β-unsaturated/α-hetero) is 1. The molecule has 0 aliphatic carbocycles. The van der Waals surface area contributed by atoms with Gasteiger partial charge in [0.2, 0.25) is 0 Å². The summed E-state index contributed by atoms with van der Waals surface area (Å²) in [5.74, 6) is -0.0274. The van der Waals surface area contributed by atoms with Gasteiger partial charge in [0.05, 0.1) is 21.4 Å². The van der Waals surface area contributed by atoms with Crippen molar-refractivity contribution in [1.29, 1.82) is 0 Å². The normalized spacial score (nSPS) is 19.0. The van der Waals surface area contributed by atoms with Gasteiger partial charge in [0.15, 0.2) is 5.78 Å². The second-order valence-electron chi connectivity index (χ2n) is 5.38. The SMILES string of the molecule is C=CCC1C(=O)C(=Cc2sccc2Oc2ccccc2)C(=O)NC1=S. The minimum atomic E-state index is -0.546. The quantitative estimate of drug-likeness (QED) is 0.372. The molecule has 0 radical (unpaired) electrons. The molecule has 1 N–H and O–H groups in total. The Morgan fingerprint density at radius 2 is 2.00 bits per heavy atom. The molecule has 2 heterocycles. The fraction of sp³-hybridized carbons (Fsp3) is 0.105. The molecule has 126 valence electrons. The molecule has 1 aromatic heterocycles. The first-order chi connectivity index (χ1) is 12.1. The molecular weight excluding hydrogens is 354 g/mol. The highest BCUT2D eigenvalue weighted by molar-refractivity contribution is 7.80. The van der Waals surface area contributed by atoms with E-state index in [9.17, 15) is 9.59 Å². The van der Waals surface area contributed by atoms with Crippen LogP contribution >= 0.6 is 23.6 Å². The highest BCUT2D eigenvalue weighted by Crippen LogP contribution is 2.32. The molecule has 0 bridgehead atoms. The smallest absolute Gasteiger partial charge is 0.259 e. The van der Waals surface area contributed by atoms with Crippen LogP contribution in [0.2, 0.25) is 0 Å². The summed E-state index contributed by atoms with van der Waals surface area (Å²) in [6.07, 6.45) is 3.59. The van der Waals surface area contributed by atoms with Crippen molar-refractivity contribution in [3.63, 3.8) is 0 Å². The molecule has 1 aliphatic rings. The number of rotatable bonds is 5. The summed E-state index contributed by atoms with van der Waals surface area (Å²) in [4.78, 5) is 25.8. The number of allylic oxidation sites excluding steroid dienone is 1. The number of para-hydroxylation sites is 1. The van der Waals surface area contributed by atoms with Crippen molar-refractivity contribution in [2.45, 2.75) is 6.42 Å². The molecular formula is C19H15NO3S2. The third-order valence-electron chi connectivity index (χ3n) is 3.69. The third kappa shape index (κ3) is 3.75. The molecule has 1 aliphatic heterocycles. The van der Waals surface area contributed by atoms with Gasteiger partial charge < -0.3 is 10.1 Å². The van der Waals surface area contributed by atoms with Gasteiger partial charge in [-0.25, -0.2) is 0 Å². The highest BCUT2D eigenvalue weighted by Gasteiger charge is 2.35. The number of carbonyl (C=O) groups excluding carboxylic acids is 2. The van der Waals surface area contributed by atoms with E-state index in [1.165, 1.54) is 11.3 Å². The van der Waals surface area contributed by atoms with Crippen molar-refractivity contribution in [2.75, 3.05) is 0 Å². The number of piperidine rings is 1. The standard InChI is InChI=1S/C19H15NO3S2/c1-2-6-13-17(21)14(18(22)20-19(13)24)11-16-15(9-10-25-16)23-12-7-4-3-5-8-12/h2-5,7-11,13H,1,6H2,(H,20,22,24). The number of nitrogens with one attached hydrogen (secondary N) is 1. The number of ketones is 1. The highest BCUT2D eigenvalue weighted by atomic mass is 32.1. The van der Waals surface area contributed by atoms with E-state index < -0.39 is 11.8 Å². The monoisotopic (exact) mass is 369 g/mol. The molecule has 1 saturated heterocycles. The minimum absolute atomic E-state index is 0.0841. The number of benzene rings is 1. The lowest BCUT2D eigenvalue weighted by Gasteiger charge is -2.23. The number of hydrogen-bond donors (Lipinski definition) is 1. The van der Waals surface area contributed by atoms with Crippen LogP contribution < -0.4 is 10.1 Å². The minimum Gasteiger partial charge on any atom is -0.456 e. The number of amides is 1. The predicted molar refractivity (Wildman–Crippen MR) is 103 cm³/mol. The molecule has 0 saturated carbocycles. The van der Waals surface area contributed by atoms with Gasteiger partial charge in [0.1, 0.15) is 11.5 Å². The molecule has 25 heavy (non-hydrogen) atoms. The predicted octanol–water partition coefficient (Wildman–Crippen LogP) is 4.14. The van der Waals surface area contributed by atoms with Gasteiger partial charge in [-0.05, 0) is 36.1 Å². The fourth-order valence-electron chi connectivity index (χ4n) is 2.45. The lowest BCUT2D eigenvalue weighted by atomic mass is 9.90. The summed E-state index contributed by atoms with van der Waals surface area (Å²) in [6.45, 7) is 3.64. The topological polar surface area (TPSA) is 55.4 Å². The Labute approximate surface area is 154 Å². The Morgan fingerprint density at radius 3 is 2.72 bits per heavy atom. The maximum atomic E-state index is 12.6. The van der Waals surface area contributed by atoms with Crippen LogP contribution in [-0.4, -0.2) is 16.7 Å². The maximum Gasteiger partial charge on any atom is 0.259 e. The van der Waals surface area contributed by atoms with Gasteiger partial charge in [-0.15, -0.1) is 17.9 Å². The lowest BCUT2D eigenvalue weighted by Crippen LogP contribution is -2.46. The molecule has 1 fully saturated rings. The fourth-order valence-corrected chi connectivity index (χ4v) is 3.49. The summed E-state index contributed by atoms with van der Waals surface area (Å²) in [5.41, 5.74) is 0.0841. The van der Waals surface area contributed by atoms with E-state index in [2.05, 4.69) is 11.9 Å². The first-order valence-electron chi connectivity index (χ1n) is 7.62. The molecule has 4 nitrogen and oxygen atoms in total. The molecule has 0 spiro atoms. The summed E-state index contributed by atoms with van der Waals surface area (Å²) in [6, 6.07) is 11.1. The molecule has 3 rings (SSSR count). The third-order valence-corrected chi connectivity index (χ3v) is 4.92. The Kier molecular flexibility index (Phi) is 5.21. The zero-order valence-electron chi connectivity index (χ0n) is 13.2. The summed E-state index contributed by atoms with van der Waals surface area (Å²) in [5, 5.41) is 4.44. The van der Waals surface area contributed by atoms with Crippen molar-refractivity contribution in [3.05, 3.63) is 64.9 Å². The zero-order chi connectivity index (χ0) is 17.8. The zero-order valence-corrected chi connectivity index (χ0v) is 14.9. The van der Waals surface area contributed by atoms with Crippen molar-refractivity contribution in [3.8, 4) is 11.5 Å². The van der Waals surface area contributed by atoms with Crippen molar-refractivity contribution in [1.82, 2.24) is 5.32 Å². The molecule has 6 heteroatoms. The van der Waals surface area contributed by atoms with E-state index in [0.29, 0.717) is 22.8 Å². The van der Waals surface area contributed by atoms with Gasteiger partial charge in [0, 0.05) is 0 Å². The number of hydrogen-bond acceptors (Lipinski definition) is 5. The van der Waals surface area contributed by atoms with E-state index in [0.717, 1.165) is 0 Å². The van der Waals surface area contributed by atoms with Crippen LogP contribution in [0.1, 0.15) is 11.3 Å². The van der Waals surface area contributed by atoms with Crippen LogP contribution in [0.5, 0.6) is 11.5 Å². The number of carbonyl (C=O) groups is 2. The summed E-state index contributed by atoms with van der Waals surface area (Å²) >= 11 is 6.51. The summed E-state index contributed by atoms with van der Waals surface area (Å²) < 4.78 is 5.84. The largest absolute Gasteiger partial charge is 0.456 e. The van der Waals surface area contributed by atoms with Crippen LogP contribution in [-0.2, 0) is 9.59 Å². The van der Waals surface area contributed by atoms with Gasteiger partial charge >= 0.3 is 0 Å². The average molecular weight is 369 g/mol. The Morgan fingerprint density at radius 1 is 1.24 bits per heavy atom.